The number of hydrogen-bond acceptors (Lipinski definition) is 0. The van der Waals surface area contributed by atoms with Crippen molar-refractivity contribution in [3.63, 3.8) is 0 Å². The van der Waals surface area contributed by atoms with E-state index in [9.17, 15) is 0 Å². The summed E-state index contributed by atoms with van der Waals surface area (Å²) in [5, 5.41) is 0. The van der Waals surface area contributed by atoms with Gasteiger partial charge in [-0.15, -0.1) is 0 Å². The Labute approximate surface area is 78.0 Å². The molecule has 0 amide bonds. The number of halogens is 2. The van der Waals surface area contributed by atoms with Crippen molar-refractivity contribution in [3.05, 3.63) is 30.3 Å². The average Bonchev–Trinajstić information content (AvgIpc) is 1.88. The topological polar surface area (TPSA) is 0 Å². The van der Waals surface area contributed by atoms with Crippen molar-refractivity contribution in [2.24, 2.45) is 0 Å². The van der Waals surface area contributed by atoms with Crippen LogP contribution in [0.3, 0.4) is 0 Å². The summed E-state index contributed by atoms with van der Waals surface area (Å²) >= 11 is -1.99. The summed E-state index contributed by atoms with van der Waals surface area (Å²) in [5.41, 5.74) is 0. The Bertz CT molecular complexity index is 231. The van der Waals surface area contributed by atoms with Gasteiger partial charge in [-0.25, -0.2) is 0 Å². The molecule has 0 N–H and O–H groups in total. The van der Waals surface area contributed by atoms with Gasteiger partial charge in [0.2, 0.25) is 0 Å². The first-order chi connectivity index (χ1) is 4.79. The molecule has 0 aliphatic carbocycles. The molecule has 4 heteroatoms. The molecule has 50 valence electrons. The molecular weight excluding hydrogens is 348 g/mol. The van der Waals surface area contributed by atoms with Gasteiger partial charge in [-0.05, 0) is 0 Å². The van der Waals surface area contributed by atoms with Gasteiger partial charge in [-0.2, -0.15) is 0 Å². The molecule has 0 spiro atoms. The van der Waals surface area contributed by atoms with Crippen LogP contribution in [0, 0.1) is 0 Å². The predicted octanol–water partition coefficient (Wildman–Crippen LogP) is 1.86. The molecule has 1 aromatic rings. The molecule has 1 aromatic carbocycles. The number of benzene rings is 1. The maximum atomic E-state index is 5.83. The van der Waals surface area contributed by atoms with E-state index < -0.39 is 16.0 Å². The molecule has 0 bridgehead atoms. The van der Waals surface area contributed by atoms with Crippen molar-refractivity contribution in [1.82, 2.24) is 0 Å². The van der Waals surface area contributed by atoms with Crippen LogP contribution in [0.2, 0.25) is 0 Å². The van der Waals surface area contributed by atoms with Crippen LogP contribution in [0.1, 0.15) is 0 Å². The van der Waals surface area contributed by atoms with Crippen molar-refractivity contribution in [2.45, 2.75) is 0 Å². The van der Waals surface area contributed by atoms with Crippen molar-refractivity contribution in [1.29, 1.82) is 0 Å². The molecular formula is C6H5AlCl2Hf. The van der Waals surface area contributed by atoms with Gasteiger partial charge in [0.15, 0.2) is 0 Å². The Hall–Kier alpha value is 1.20. The average molecular weight is 353 g/mol. The van der Waals surface area contributed by atoms with Crippen LogP contribution in [0.25, 0.3) is 0 Å². The summed E-state index contributed by atoms with van der Waals surface area (Å²) in [5.74, 6) is 0. The Balaban J connectivity index is 2.87. The fourth-order valence-electron chi connectivity index (χ4n) is 0.675. The SMILES string of the molecule is [Cl][Hf]([Cl])=[Al][c]1ccccc1. The van der Waals surface area contributed by atoms with E-state index in [2.05, 4.69) is 12.1 Å². The molecule has 0 unspecified atom stereocenters. The third kappa shape index (κ3) is 3.55. The predicted molar refractivity (Wildman–Crippen MR) is 43.5 cm³/mol. The summed E-state index contributed by atoms with van der Waals surface area (Å²) in [6, 6.07) is 10.3. The molecule has 0 heterocycles. The molecule has 0 atom stereocenters. The van der Waals surface area contributed by atoms with Gasteiger partial charge in [0, 0.05) is 0 Å². The van der Waals surface area contributed by atoms with Gasteiger partial charge in [0.05, 0.1) is 0 Å². The molecule has 0 saturated carbocycles. The summed E-state index contributed by atoms with van der Waals surface area (Å²) < 4.78 is 1.36. The van der Waals surface area contributed by atoms with Crippen molar-refractivity contribution in [3.8, 4) is 0 Å². The van der Waals surface area contributed by atoms with E-state index in [4.69, 9.17) is 17.2 Å². The van der Waals surface area contributed by atoms with Crippen molar-refractivity contribution in [2.75, 3.05) is 0 Å². The fourth-order valence-corrected chi connectivity index (χ4v) is 12.3. The molecule has 0 fully saturated rings. The zero-order valence-corrected chi connectivity index (χ0v) is 11.5. The molecule has 10 heavy (non-hydrogen) atoms. The minimum absolute atomic E-state index is 0.236. The Kier molecular flexibility index (Phi) is 4.61. The van der Waals surface area contributed by atoms with E-state index in [0.29, 0.717) is 0 Å². The van der Waals surface area contributed by atoms with E-state index in [1.54, 1.807) is 0 Å². The Morgan fingerprint density at radius 2 is 1.70 bits per heavy atom. The quantitative estimate of drug-likeness (QED) is 0.676. The summed E-state index contributed by atoms with van der Waals surface area (Å²) in [6.45, 7) is 0. The molecule has 0 radical (unpaired) electrons. The third-order valence-electron chi connectivity index (χ3n) is 1.08. The molecule has 0 nitrogen and oxygen atoms in total. The molecule has 0 aliphatic rings. The Morgan fingerprint density at radius 3 is 2.20 bits per heavy atom. The number of rotatable bonds is 1. The van der Waals surface area contributed by atoms with Crippen LogP contribution >= 0.6 is 17.2 Å². The fraction of sp³-hybridized carbons (Fsp3) is 0. The van der Waals surface area contributed by atoms with Crippen LogP contribution in [0.15, 0.2) is 30.3 Å². The monoisotopic (exact) mass is 354 g/mol. The Morgan fingerprint density at radius 1 is 1.10 bits per heavy atom. The van der Waals surface area contributed by atoms with E-state index in [0.717, 1.165) is 0 Å². The second-order valence-corrected chi connectivity index (χ2v) is 27.0. The van der Waals surface area contributed by atoms with E-state index in [-0.39, 0.29) is 11.0 Å². The molecule has 0 aliphatic heterocycles. The van der Waals surface area contributed by atoms with Crippen LogP contribution in [-0.4, -0.2) is 11.0 Å². The van der Waals surface area contributed by atoms with Gasteiger partial charge in [-0.1, -0.05) is 0 Å². The summed E-state index contributed by atoms with van der Waals surface area (Å²) in [7, 11) is 11.9. The third-order valence-corrected chi connectivity index (χ3v) is 13.3. The minimum atomic E-state index is -1.99. The standard InChI is InChI=1S/C6H5.Al.2ClH.Hf/c1-2-4-6-5-3-1;;;;/h1-5H;;2*1H;/q;;;;+2/p-2. The second kappa shape index (κ2) is 4.96. The normalized spacial score (nSPS) is 8.60. The van der Waals surface area contributed by atoms with Crippen LogP contribution in [0.5, 0.6) is 0 Å². The van der Waals surface area contributed by atoms with Gasteiger partial charge >= 0.3 is 78.9 Å². The van der Waals surface area contributed by atoms with Crippen molar-refractivity contribution < 1.29 is 16.0 Å². The van der Waals surface area contributed by atoms with E-state index >= 15 is 0 Å². The van der Waals surface area contributed by atoms with E-state index in [1.807, 2.05) is 18.2 Å². The second-order valence-electron chi connectivity index (χ2n) is 1.84. The summed E-state index contributed by atoms with van der Waals surface area (Å²) in [6.07, 6.45) is 0. The first-order valence-corrected chi connectivity index (χ1v) is 19.1. The number of hydrogen-bond donors (Lipinski definition) is 0. The molecule has 0 aromatic heterocycles. The first kappa shape index (κ1) is 9.29. The van der Waals surface area contributed by atoms with Gasteiger partial charge in [-0.3, -0.25) is 0 Å². The molecule has 1 rings (SSSR count). The van der Waals surface area contributed by atoms with Crippen LogP contribution in [0.4, 0.5) is 0 Å². The zero-order valence-electron chi connectivity index (χ0n) is 5.22. The van der Waals surface area contributed by atoms with Gasteiger partial charge in [0.1, 0.15) is 0 Å². The summed E-state index contributed by atoms with van der Waals surface area (Å²) in [4.78, 5) is 0. The van der Waals surface area contributed by atoms with Crippen LogP contribution < -0.4 is 4.43 Å². The van der Waals surface area contributed by atoms with Gasteiger partial charge < -0.3 is 0 Å². The molecule has 0 saturated heterocycles. The first-order valence-electron chi connectivity index (χ1n) is 2.87. The van der Waals surface area contributed by atoms with E-state index in [1.165, 1.54) is 4.43 Å². The van der Waals surface area contributed by atoms with Crippen molar-refractivity contribution >= 4 is 32.5 Å². The zero-order chi connectivity index (χ0) is 7.40. The van der Waals surface area contributed by atoms with Gasteiger partial charge in [0.25, 0.3) is 0 Å². The van der Waals surface area contributed by atoms with Crippen LogP contribution in [-0.2, 0) is 16.0 Å². The maximum absolute atomic E-state index is 5.83.